The second-order valence-electron chi connectivity index (χ2n) is 5.68. The van der Waals surface area contributed by atoms with Crippen LogP contribution in [0.15, 0.2) is 48.5 Å². The zero-order valence-electron chi connectivity index (χ0n) is 14.1. The fourth-order valence-electron chi connectivity index (χ4n) is 2.29. The van der Waals surface area contributed by atoms with Crippen LogP contribution in [0.4, 0.5) is 24.5 Å². The molecule has 2 N–H and O–H groups in total. The summed E-state index contributed by atoms with van der Waals surface area (Å²) in [6.07, 6.45) is -2.00. The Bertz CT molecular complexity index is 858. The number of nitrogens with one attached hydrogen (secondary N) is 2. The van der Waals surface area contributed by atoms with E-state index in [0.717, 1.165) is 29.3 Å². The summed E-state index contributed by atoms with van der Waals surface area (Å²) >= 11 is 0. The molecule has 0 radical (unpaired) electrons. The summed E-state index contributed by atoms with van der Waals surface area (Å²) in [5.74, 6) is -1.18. The van der Waals surface area contributed by atoms with Crippen LogP contribution in [0.2, 0.25) is 0 Å². The van der Waals surface area contributed by atoms with E-state index < -0.39 is 23.6 Å². The van der Waals surface area contributed by atoms with Gasteiger partial charge in [0.2, 0.25) is 11.8 Å². The molecule has 0 unspecified atom stereocenters. The fraction of sp³-hybridized carbons (Fsp3) is 0.158. The van der Waals surface area contributed by atoms with Crippen LogP contribution >= 0.6 is 0 Å². The van der Waals surface area contributed by atoms with Crippen molar-refractivity contribution in [1.82, 2.24) is 0 Å². The second kappa shape index (κ2) is 7.86. The topological polar surface area (TPSA) is 58.2 Å². The second-order valence-corrected chi connectivity index (χ2v) is 5.68. The molecule has 26 heavy (non-hydrogen) atoms. The van der Waals surface area contributed by atoms with E-state index in [1.54, 1.807) is 6.07 Å². The van der Waals surface area contributed by atoms with Crippen molar-refractivity contribution in [1.29, 1.82) is 0 Å². The molecular formula is C19H17F3N2O2. The first-order chi connectivity index (χ1) is 12.1. The Morgan fingerprint density at radius 1 is 1.04 bits per heavy atom. The van der Waals surface area contributed by atoms with Gasteiger partial charge in [-0.3, -0.25) is 9.59 Å². The van der Waals surface area contributed by atoms with Crippen LogP contribution < -0.4 is 10.6 Å². The van der Waals surface area contributed by atoms with Gasteiger partial charge in [0.15, 0.2) is 0 Å². The number of benzene rings is 2. The average molecular weight is 362 g/mol. The summed E-state index contributed by atoms with van der Waals surface area (Å²) in [6, 6.07) is 10.5. The highest BCUT2D eigenvalue weighted by molar-refractivity contribution is 6.02. The Hall–Kier alpha value is -3.09. The van der Waals surface area contributed by atoms with E-state index in [9.17, 15) is 22.8 Å². The molecule has 2 aromatic rings. The first-order valence-corrected chi connectivity index (χ1v) is 7.70. The normalized spacial score (nSPS) is 11.4. The van der Waals surface area contributed by atoms with Gasteiger partial charge >= 0.3 is 6.18 Å². The third-order valence-electron chi connectivity index (χ3n) is 3.37. The molecule has 4 nitrogen and oxygen atoms in total. The smallest absolute Gasteiger partial charge is 0.326 e. The van der Waals surface area contributed by atoms with Gasteiger partial charge in [-0.15, -0.1) is 0 Å². The molecule has 0 bridgehead atoms. The SMILES string of the molecule is CC(=O)Nc1ccc(NC(=O)/C=C/c2cccc(C)c2)c(C(F)(F)F)c1. The summed E-state index contributed by atoms with van der Waals surface area (Å²) < 4.78 is 39.7. The van der Waals surface area contributed by atoms with Crippen molar-refractivity contribution >= 4 is 29.3 Å². The van der Waals surface area contributed by atoms with Gasteiger partial charge in [-0.1, -0.05) is 29.8 Å². The maximum atomic E-state index is 13.2. The van der Waals surface area contributed by atoms with Crippen LogP contribution in [0, 0.1) is 6.92 Å². The van der Waals surface area contributed by atoms with Gasteiger partial charge in [-0.25, -0.2) is 0 Å². The highest BCUT2D eigenvalue weighted by Gasteiger charge is 2.34. The molecule has 7 heteroatoms. The standard InChI is InChI=1S/C19H17F3N2O2/c1-12-4-3-5-14(10-12)6-9-18(26)24-17-8-7-15(23-13(2)25)11-16(17)19(20,21)22/h3-11H,1-2H3,(H,23,25)(H,24,26)/b9-6+. The first kappa shape index (κ1) is 19.2. The molecule has 136 valence electrons. The van der Waals surface area contributed by atoms with Gasteiger partial charge in [0.25, 0.3) is 0 Å². The number of carbonyl (C=O) groups is 2. The van der Waals surface area contributed by atoms with Crippen LogP contribution in [-0.2, 0) is 15.8 Å². The van der Waals surface area contributed by atoms with Gasteiger partial charge in [0, 0.05) is 18.7 Å². The Morgan fingerprint density at radius 3 is 2.38 bits per heavy atom. The highest BCUT2D eigenvalue weighted by atomic mass is 19.4. The molecule has 0 atom stereocenters. The van der Waals surface area contributed by atoms with Gasteiger partial charge in [-0.2, -0.15) is 13.2 Å². The van der Waals surface area contributed by atoms with E-state index >= 15 is 0 Å². The first-order valence-electron chi connectivity index (χ1n) is 7.70. The lowest BCUT2D eigenvalue weighted by Crippen LogP contribution is -2.16. The van der Waals surface area contributed by atoms with E-state index in [0.29, 0.717) is 0 Å². The zero-order chi connectivity index (χ0) is 19.3. The largest absolute Gasteiger partial charge is 0.418 e. The van der Waals surface area contributed by atoms with Crippen LogP contribution in [0.1, 0.15) is 23.6 Å². The summed E-state index contributed by atoms with van der Waals surface area (Å²) in [7, 11) is 0. The third-order valence-corrected chi connectivity index (χ3v) is 3.37. The van der Waals surface area contributed by atoms with Crippen LogP contribution in [-0.4, -0.2) is 11.8 Å². The number of rotatable bonds is 4. The van der Waals surface area contributed by atoms with Crippen molar-refractivity contribution in [2.24, 2.45) is 0 Å². The molecule has 2 aromatic carbocycles. The Balaban J connectivity index is 2.22. The van der Waals surface area contributed by atoms with Crippen LogP contribution in [0.25, 0.3) is 6.08 Å². The molecule has 0 fully saturated rings. The van der Waals surface area contributed by atoms with Crippen molar-refractivity contribution in [3.8, 4) is 0 Å². The Labute approximate surface area is 148 Å². The Kier molecular flexibility index (Phi) is 5.82. The number of hydrogen-bond acceptors (Lipinski definition) is 2. The summed E-state index contributed by atoms with van der Waals surface area (Å²) in [4.78, 5) is 23.0. The molecular weight excluding hydrogens is 345 g/mol. The molecule has 0 spiro atoms. The number of aryl methyl sites for hydroxylation is 1. The number of alkyl halides is 3. The monoisotopic (exact) mass is 362 g/mol. The van der Waals surface area contributed by atoms with E-state index in [-0.39, 0.29) is 11.4 Å². The van der Waals surface area contributed by atoms with Gasteiger partial charge < -0.3 is 10.6 Å². The number of hydrogen-bond donors (Lipinski definition) is 2. The molecule has 2 rings (SSSR count). The van der Waals surface area contributed by atoms with E-state index in [2.05, 4.69) is 10.6 Å². The van der Waals surface area contributed by atoms with E-state index in [4.69, 9.17) is 0 Å². The molecule has 0 aromatic heterocycles. The summed E-state index contributed by atoms with van der Waals surface area (Å²) in [6.45, 7) is 3.09. The van der Waals surface area contributed by atoms with Gasteiger partial charge in [0.1, 0.15) is 0 Å². The lowest BCUT2D eigenvalue weighted by Gasteiger charge is -2.15. The molecule has 0 saturated carbocycles. The van der Waals surface area contributed by atoms with Crippen molar-refractivity contribution in [3.05, 3.63) is 65.2 Å². The Morgan fingerprint density at radius 2 is 1.77 bits per heavy atom. The molecule has 0 aliphatic rings. The average Bonchev–Trinajstić information content (AvgIpc) is 2.53. The number of amides is 2. The highest BCUT2D eigenvalue weighted by Crippen LogP contribution is 2.36. The van der Waals surface area contributed by atoms with Gasteiger partial charge in [0.05, 0.1) is 11.3 Å². The lowest BCUT2D eigenvalue weighted by atomic mass is 10.1. The number of halogens is 3. The van der Waals surface area contributed by atoms with Crippen LogP contribution in [0.3, 0.4) is 0 Å². The van der Waals surface area contributed by atoms with Crippen molar-refractivity contribution in [3.63, 3.8) is 0 Å². The van der Waals surface area contributed by atoms with Crippen molar-refractivity contribution in [2.45, 2.75) is 20.0 Å². The summed E-state index contributed by atoms with van der Waals surface area (Å²) in [5.41, 5.74) is 0.336. The fourth-order valence-corrected chi connectivity index (χ4v) is 2.29. The quantitative estimate of drug-likeness (QED) is 0.780. The maximum absolute atomic E-state index is 13.2. The number of anilines is 2. The van der Waals surface area contributed by atoms with E-state index in [1.165, 1.54) is 19.1 Å². The molecule has 2 amide bonds. The van der Waals surface area contributed by atoms with Crippen LogP contribution in [0.5, 0.6) is 0 Å². The maximum Gasteiger partial charge on any atom is 0.418 e. The predicted octanol–water partition coefficient (Wildman–Crippen LogP) is 4.62. The molecule has 0 aliphatic carbocycles. The zero-order valence-corrected chi connectivity index (χ0v) is 14.1. The minimum absolute atomic E-state index is 0.00173. The van der Waals surface area contributed by atoms with Crippen molar-refractivity contribution in [2.75, 3.05) is 10.6 Å². The molecule has 0 heterocycles. The third kappa shape index (κ3) is 5.47. The van der Waals surface area contributed by atoms with Gasteiger partial charge in [-0.05, 0) is 36.8 Å². The minimum Gasteiger partial charge on any atom is -0.326 e. The lowest BCUT2D eigenvalue weighted by molar-refractivity contribution is -0.137. The van der Waals surface area contributed by atoms with E-state index in [1.807, 2.05) is 25.1 Å². The summed E-state index contributed by atoms with van der Waals surface area (Å²) in [5, 5.41) is 4.51. The molecule has 0 saturated heterocycles. The number of carbonyl (C=O) groups excluding carboxylic acids is 2. The molecule has 0 aliphatic heterocycles. The van der Waals surface area contributed by atoms with Crippen molar-refractivity contribution < 1.29 is 22.8 Å². The predicted molar refractivity (Wildman–Crippen MR) is 94.6 cm³/mol. The minimum atomic E-state index is -4.68.